The Morgan fingerprint density at radius 3 is 1.68 bits per heavy atom. The summed E-state index contributed by atoms with van der Waals surface area (Å²) in [5, 5.41) is 11.8. The van der Waals surface area contributed by atoms with Crippen LogP contribution in [0.5, 0.6) is 0 Å². The molecular formula is C51H42N4O. The molecule has 6 aromatic carbocycles. The summed E-state index contributed by atoms with van der Waals surface area (Å²) in [6.45, 7) is 4.89. The lowest BCUT2D eigenvalue weighted by Crippen LogP contribution is -2.42. The Kier molecular flexibility index (Phi) is 8.37. The number of para-hydroxylation sites is 1. The average molecular weight is 727 g/mol. The first kappa shape index (κ1) is 34.1. The topological polar surface area (TPSA) is 75.6 Å². The summed E-state index contributed by atoms with van der Waals surface area (Å²) in [6, 6.07) is 50.6. The van der Waals surface area contributed by atoms with E-state index in [1.165, 1.54) is 43.2 Å². The molecule has 5 heteroatoms. The lowest BCUT2D eigenvalue weighted by Gasteiger charge is -2.50. The first-order chi connectivity index (χ1) is 27.4. The van der Waals surface area contributed by atoms with Crippen LogP contribution in [0.15, 0.2) is 144 Å². The van der Waals surface area contributed by atoms with E-state index in [9.17, 15) is 5.26 Å². The average Bonchev–Trinajstić information content (AvgIpc) is 3.63. The van der Waals surface area contributed by atoms with E-state index < -0.39 is 0 Å². The van der Waals surface area contributed by atoms with Crippen LogP contribution in [0.2, 0.25) is 0 Å². The highest BCUT2D eigenvalue weighted by atomic mass is 16.3. The summed E-state index contributed by atoms with van der Waals surface area (Å²) < 4.78 is 6.19. The molecule has 0 spiro atoms. The quantitative estimate of drug-likeness (QED) is 0.170. The Morgan fingerprint density at radius 2 is 1.07 bits per heavy atom. The van der Waals surface area contributed by atoms with Crippen LogP contribution in [-0.4, -0.2) is 15.0 Å². The molecule has 2 aromatic heterocycles. The van der Waals surface area contributed by atoms with Crippen molar-refractivity contribution in [3.8, 4) is 62.5 Å². The molecule has 8 aromatic rings. The largest absolute Gasteiger partial charge is 0.455 e. The first-order valence-corrected chi connectivity index (χ1v) is 19.9. The molecule has 2 heterocycles. The fourth-order valence-electron chi connectivity index (χ4n) is 10.2. The Hall–Kier alpha value is -6.38. The molecule has 0 radical (unpaired) electrons. The second kappa shape index (κ2) is 13.7. The van der Waals surface area contributed by atoms with Gasteiger partial charge in [-0.15, -0.1) is 0 Å². The number of benzene rings is 6. The number of hydrogen-bond acceptors (Lipinski definition) is 5. The summed E-state index contributed by atoms with van der Waals surface area (Å²) in [6.07, 6.45) is 6.58. The standard InChI is InChI=1S/C51H42N4O/c1-32-26-34-27-33(2)29-51(28-32,30-34)42-23-20-40(21-24-42)50-54-48(38-16-12-36(13-17-38)35-8-4-3-5-9-35)53-49(55-50)39-18-14-37(15-19-39)43-25-22-41(31-52)47-46(43)44-10-6-7-11-45(44)56-47/h3-25,32-34H,26-30H2,1-2H3/t32-,33+,34-,51?. The van der Waals surface area contributed by atoms with Crippen LogP contribution >= 0.6 is 0 Å². The van der Waals surface area contributed by atoms with Gasteiger partial charge in [0.1, 0.15) is 11.7 Å². The molecule has 5 nitrogen and oxygen atoms in total. The molecule has 2 fully saturated rings. The summed E-state index contributed by atoms with van der Waals surface area (Å²) >= 11 is 0. The van der Waals surface area contributed by atoms with Gasteiger partial charge in [0.05, 0.1) is 5.56 Å². The molecule has 0 aliphatic heterocycles. The van der Waals surface area contributed by atoms with E-state index in [0.29, 0.717) is 28.6 Å². The highest BCUT2D eigenvalue weighted by molar-refractivity contribution is 6.13. The molecule has 1 unspecified atom stereocenters. The number of aromatic nitrogens is 3. The van der Waals surface area contributed by atoms with Crippen molar-refractivity contribution in [1.29, 1.82) is 5.26 Å². The van der Waals surface area contributed by atoms with Crippen molar-refractivity contribution in [2.45, 2.75) is 51.4 Å². The van der Waals surface area contributed by atoms with Gasteiger partial charge in [-0.2, -0.15) is 5.26 Å². The maximum Gasteiger partial charge on any atom is 0.164 e. The van der Waals surface area contributed by atoms with Gasteiger partial charge in [-0.25, -0.2) is 15.0 Å². The zero-order valence-corrected chi connectivity index (χ0v) is 31.7. The number of nitriles is 1. The van der Waals surface area contributed by atoms with Crippen molar-refractivity contribution in [3.05, 3.63) is 151 Å². The monoisotopic (exact) mass is 726 g/mol. The van der Waals surface area contributed by atoms with E-state index in [1.807, 2.05) is 36.4 Å². The second-order valence-corrected chi connectivity index (χ2v) is 16.4. The van der Waals surface area contributed by atoms with Crippen LogP contribution in [0.25, 0.3) is 78.4 Å². The lowest BCUT2D eigenvalue weighted by atomic mass is 9.54. The van der Waals surface area contributed by atoms with Crippen molar-refractivity contribution in [2.24, 2.45) is 17.8 Å². The van der Waals surface area contributed by atoms with Gasteiger partial charge in [-0.05, 0) is 95.2 Å². The lowest BCUT2D eigenvalue weighted by molar-refractivity contribution is 0.0780. The number of nitrogens with zero attached hydrogens (tertiary/aromatic N) is 4. The second-order valence-electron chi connectivity index (χ2n) is 16.4. The molecule has 2 saturated carbocycles. The zero-order chi connectivity index (χ0) is 37.8. The van der Waals surface area contributed by atoms with Gasteiger partial charge in [-0.1, -0.05) is 141 Å². The van der Waals surface area contributed by atoms with Gasteiger partial charge >= 0.3 is 0 Å². The van der Waals surface area contributed by atoms with Crippen LogP contribution in [0.4, 0.5) is 0 Å². The third-order valence-electron chi connectivity index (χ3n) is 12.4. The van der Waals surface area contributed by atoms with Gasteiger partial charge in [-0.3, -0.25) is 0 Å². The van der Waals surface area contributed by atoms with Crippen LogP contribution < -0.4 is 0 Å². The van der Waals surface area contributed by atoms with Gasteiger partial charge in [0.2, 0.25) is 0 Å². The summed E-state index contributed by atoms with van der Waals surface area (Å²) in [5.74, 6) is 4.27. The number of hydrogen-bond donors (Lipinski definition) is 0. The molecule has 2 aliphatic rings. The predicted molar refractivity (Wildman–Crippen MR) is 226 cm³/mol. The Bertz CT molecular complexity index is 2740. The summed E-state index contributed by atoms with van der Waals surface area (Å²) in [7, 11) is 0. The van der Waals surface area contributed by atoms with Crippen LogP contribution in [0, 0.1) is 29.1 Å². The van der Waals surface area contributed by atoms with Gasteiger partial charge < -0.3 is 4.42 Å². The fourth-order valence-corrected chi connectivity index (χ4v) is 10.2. The number of furan rings is 1. The van der Waals surface area contributed by atoms with Crippen LogP contribution in [0.3, 0.4) is 0 Å². The van der Waals surface area contributed by atoms with Gasteiger partial charge in [0.25, 0.3) is 0 Å². The van der Waals surface area contributed by atoms with Crippen LogP contribution in [0.1, 0.15) is 57.1 Å². The Labute approximate surface area is 327 Å². The maximum absolute atomic E-state index is 9.86. The van der Waals surface area contributed by atoms with Gasteiger partial charge in [0.15, 0.2) is 23.1 Å². The molecule has 0 N–H and O–H groups in total. The summed E-state index contributed by atoms with van der Waals surface area (Å²) in [4.78, 5) is 15.3. The minimum atomic E-state index is 0.263. The first-order valence-electron chi connectivity index (χ1n) is 19.9. The fraction of sp³-hybridized carbons (Fsp3) is 0.216. The third kappa shape index (κ3) is 6.07. The molecule has 56 heavy (non-hydrogen) atoms. The van der Waals surface area contributed by atoms with E-state index in [1.54, 1.807) is 0 Å². The molecule has 4 atom stereocenters. The van der Waals surface area contributed by atoms with E-state index in [-0.39, 0.29) is 5.41 Å². The summed E-state index contributed by atoms with van der Waals surface area (Å²) in [5.41, 5.74) is 10.8. The minimum Gasteiger partial charge on any atom is -0.455 e. The third-order valence-corrected chi connectivity index (χ3v) is 12.4. The van der Waals surface area contributed by atoms with Crippen molar-refractivity contribution in [2.75, 3.05) is 0 Å². The van der Waals surface area contributed by atoms with E-state index in [0.717, 1.165) is 67.5 Å². The smallest absolute Gasteiger partial charge is 0.164 e. The highest BCUT2D eigenvalue weighted by Gasteiger charge is 2.45. The Morgan fingerprint density at radius 1 is 0.554 bits per heavy atom. The normalized spacial score (nSPS) is 20.6. The molecular weight excluding hydrogens is 685 g/mol. The maximum atomic E-state index is 9.86. The molecule has 0 amide bonds. The molecule has 2 bridgehead atoms. The minimum absolute atomic E-state index is 0.263. The van der Waals surface area contributed by atoms with E-state index >= 15 is 0 Å². The number of rotatable bonds is 6. The molecule has 10 rings (SSSR count). The van der Waals surface area contributed by atoms with Crippen molar-refractivity contribution in [3.63, 3.8) is 0 Å². The van der Waals surface area contributed by atoms with Crippen molar-refractivity contribution in [1.82, 2.24) is 15.0 Å². The zero-order valence-electron chi connectivity index (χ0n) is 31.7. The molecule has 0 saturated heterocycles. The van der Waals surface area contributed by atoms with Crippen LogP contribution in [-0.2, 0) is 5.41 Å². The molecule has 2 aliphatic carbocycles. The highest BCUT2D eigenvalue weighted by Crippen LogP contribution is 2.54. The SMILES string of the molecule is C[C@@H]1C[C@@H]2C[C@H](C)CC(c3ccc(-c4nc(-c5ccc(-c6ccccc6)cc5)nc(-c5ccc(-c6ccc(C#N)c7oc8ccccc8c67)cc5)n4)cc3)(C1)C2. The Balaban J connectivity index is 1.05. The molecule has 272 valence electrons. The number of fused-ring (bicyclic) bond motifs is 5. The predicted octanol–water partition coefficient (Wildman–Crippen LogP) is 13.1. The van der Waals surface area contributed by atoms with Gasteiger partial charge in [0, 0.05) is 27.5 Å². The van der Waals surface area contributed by atoms with Crippen molar-refractivity contribution < 1.29 is 4.42 Å². The van der Waals surface area contributed by atoms with E-state index in [4.69, 9.17) is 19.4 Å². The van der Waals surface area contributed by atoms with E-state index in [2.05, 4.69) is 123 Å². The van der Waals surface area contributed by atoms with Crippen molar-refractivity contribution >= 4 is 21.9 Å².